The molecule has 0 aliphatic carbocycles. The Hall–Kier alpha value is -0.485. The van der Waals surface area contributed by atoms with Gasteiger partial charge >= 0.3 is 13.3 Å². The Morgan fingerprint density at radius 1 is 1.33 bits per heavy atom. The molecule has 2 nitrogen and oxygen atoms in total. The van der Waals surface area contributed by atoms with Crippen molar-refractivity contribution < 1.29 is 22.8 Å². The number of halogens is 3. The average molecular weight is 224 g/mol. The van der Waals surface area contributed by atoms with Crippen LogP contribution in [-0.4, -0.2) is 24.9 Å². The predicted molar refractivity (Wildman–Crippen MR) is 53.3 cm³/mol. The molecule has 0 aromatic carbocycles. The highest BCUT2D eigenvalue weighted by Gasteiger charge is 2.40. The number of hydrogen-bond acceptors (Lipinski definition) is 2. The molecule has 88 valence electrons. The Morgan fingerprint density at radius 2 is 1.93 bits per heavy atom. The zero-order chi connectivity index (χ0) is 11.9. The summed E-state index contributed by atoms with van der Waals surface area (Å²) >= 11 is 0. The fraction of sp³-hybridized carbons (Fsp3) is 0.778. The normalized spacial score (nSPS) is 11.5. The molecule has 6 heteroatoms. The average Bonchev–Trinajstić information content (AvgIpc) is 2.14. The minimum Gasteiger partial charge on any atom is -0.423 e. The van der Waals surface area contributed by atoms with Gasteiger partial charge in [-0.25, -0.2) is 0 Å². The maximum Gasteiger partial charge on any atom is 0.495 e. The van der Waals surface area contributed by atoms with E-state index in [-0.39, 0.29) is 6.61 Å². The Balaban J connectivity index is 3.66. The molecule has 0 bridgehead atoms. The molecule has 0 atom stereocenters. The molecule has 0 spiro atoms. The van der Waals surface area contributed by atoms with Gasteiger partial charge < -0.3 is 9.68 Å². The highest BCUT2D eigenvalue weighted by molar-refractivity contribution is 6.52. The molecule has 0 aromatic rings. The van der Waals surface area contributed by atoms with Crippen LogP contribution >= 0.6 is 0 Å². The quantitative estimate of drug-likeness (QED) is 0.532. The van der Waals surface area contributed by atoms with Gasteiger partial charge in [0.05, 0.1) is 5.47 Å². The fourth-order valence-electron chi connectivity index (χ4n) is 0.964. The third-order valence-corrected chi connectivity index (χ3v) is 1.94. The first-order chi connectivity index (χ1) is 6.89. The maximum atomic E-state index is 12.0. The zero-order valence-corrected chi connectivity index (χ0v) is 8.81. The van der Waals surface area contributed by atoms with E-state index in [2.05, 4.69) is 11.2 Å². The molecule has 0 fully saturated rings. The summed E-state index contributed by atoms with van der Waals surface area (Å²) in [4.78, 5) is 0. The molecule has 0 rings (SSSR count). The lowest BCUT2D eigenvalue weighted by molar-refractivity contribution is -0.0877. The smallest absolute Gasteiger partial charge is 0.423 e. The van der Waals surface area contributed by atoms with Crippen molar-refractivity contribution in [2.75, 3.05) is 6.61 Å². The molecule has 0 saturated carbocycles. The summed E-state index contributed by atoms with van der Waals surface area (Å²) < 4.78 is 40.6. The van der Waals surface area contributed by atoms with Gasteiger partial charge in [0, 0.05) is 6.61 Å². The first kappa shape index (κ1) is 14.5. The summed E-state index contributed by atoms with van der Waals surface area (Å²) in [6.45, 7) is 4.89. The predicted octanol–water partition coefficient (Wildman–Crippen LogP) is 2.72. The molecule has 0 aromatic heterocycles. The third kappa shape index (κ3) is 6.57. The minimum absolute atomic E-state index is 0.121. The molecule has 1 N–H and O–H groups in total. The van der Waals surface area contributed by atoms with Crippen LogP contribution in [0, 0.1) is 0 Å². The van der Waals surface area contributed by atoms with Crippen molar-refractivity contribution in [1.29, 1.82) is 0 Å². The lowest BCUT2D eigenvalue weighted by Crippen LogP contribution is -2.30. The molecule has 0 radical (unpaired) electrons. The lowest BCUT2D eigenvalue weighted by Gasteiger charge is -2.13. The van der Waals surface area contributed by atoms with Crippen molar-refractivity contribution in [2.24, 2.45) is 0 Å². The van der Waals surface area contributed by atoms with E-state index in [4.69, 9.17) is 5.02 Å². The molecule has 15 heavy (non-hydrogen) atoms. The third-order valence-electron chi connectivity index (χ3n) is 1.94. The van der Waals surface area contributed by atoms with Crippen molar-refractivity contribution in [3.63, 3.8) is 0 Å². The molecular formula is C9H16BF3O2. The van der Waals surface area contributed by atoms with E-state index in [1.54, 1.807) is 0 Å². The van der Waals surface area contributed by atoms with Crippen molar-refractivity contribution in [2.45, 2.75) is 38.8 Å². The summed E-state index contributed by atoms with van der Waals surface area (Å²) in [5, 5.41) is 8.97. The Bertz CT molecular complexity index is 194. The Kier molecular flexibility index (Phi) is 6.68. The van der Waals surface area contributed by atoms with Gasteiger partial charge in [0.25, 0.3) is 0 Å². The summed E-state index contributed by atoms with van der Waals surface area (Å²) in [5.41, 5.74) is -1.25. The van der Waals surface area contributed by atoms with E-state index in [0.717, 1.165) is 19.3 Å². The number of alkyl halides is 3. The van der Waals surface area contributed by atoms with Gasteiger partial charge in [-0.1, -0.05) is 32.8 Å². The molecule has 0 aliphatic heterocycles. The van der Waals surface area contributed by atoms with Gasteiger partial charge in [0.1, 0.15) is 0 Å². The summed E-state index contributed by atoms with van der Waals surface area (Å²) in [7, 11) is -1.94. The second-order valence-electron chi connectivity index (χ2n) is 3.31. The van der Waals surface area contributed by atoms with E-state index < -0.39 is 18.8 Å². The van der Waals surface area contributed by atoms with Crippen LogP contribution in [0.15, 0.2) is 12.1 Å². The summed E-state index contributed by atoms with van der Waals surface area (Å²) in [6.07, 6.45) is -1.00. The molecule has 0 heterocycles. The monoisotopic (exact) mass is 224 g/mol. The van der Waals surface area contributed by atoms with Gasteiger partial charge in [0.15, 0.2) is 0 Å². The number of allylic oxidation sites excluding steroid dienone is 1. The van der Waals surface area contributed by atoms with Crippen molar-refractivity contribution >= 4 is 7.12 Å². The van der Waals surface area contributed by atoms with E-state index in [0.29, 0.717) is 6.42 Å². The Labute approximate surface area is 88.3 Å². The van der Waals surface area contributed by atoms with Gasteiger partial charge in [-0.15, -0.1) is 0 Å². The van der Waals surface area contributed by atoms with Crippen LogP contribution < -0.4 is 0 Å². The minimum atomic E-state index is -4.59. The number of hydrogen-bond donors (Lipinski definition) is 1. The van der Waals surface area contributed by atoms with Crippen LogP contribution in [0.4, 0.5) is 13.2 Å². The fourth-order valence-corrected chi connectivity index (χ4v) is 0.964. The topological polar surface area (TPSA) is 29.5 Å². The van der Waals surface area contributed by atoms with Crippen molar-refractivity contribution in [3.05, 3.63) is 12.1 Å². The SMILES string of the molecule is C=C(B(O)OCCCCCC)C(F)(F)F. The van der Waals surface area contributed by atoms with Crippen LogP contribution in [0.1, 0.15) is 32.6 Å². The van der Waals surface area contributed by atoms with Gasteiger partial charge in [-0.05, 0) is 6.42 Å². The second kappa shape index (κ2) is 6.90. The standard InChI is InChI=1S/C9H16BF3O2/c1-3-4-5-6-7-15-10(14)8(2)9(11,12)13/h14H,2-7H2,1H3. The first-order valence-corrected chi connectivity index (χ1v) is 4.95. The largest absolute Gasteiger partial charge is 0.495 e. The van der Waals surface area contributed by atoms with Gasteiger partial charge in [-0.2, -0.15) is 13.2 Å². The van der Waals surface area contributed by atoms with Crippen LogP contribution in [0.5, 0.6) is 0 Å². The molecule has 0 saturated heterocycles. The first-order valence-electron chi connectivity index (χ1n) is 4.95. The molecular weight excluding hydrogens is 208 g/mol. The second-order valence-corrected chi connectivity index (χ2v) is 3.31. The van der Waals surface area contributed by atoms with Crippen molar-refractivity contribution in [3.8, 4) is 0 Å². The highest BCUT2D eigenvalue weighted by atomic mass is 19.4. The van der Waals surface area contributed by atoms with Gasteiger partial charge in [0.2, 0.25) is 0 Å². The number of unbranched alkanes of at least 4 members (excludes halogenated alkanes) is 3. The Morgan fingerprint density at radius 3 is 2.40 bits per heavy atom. The summed E-state index contributed by atoms with van der Waals surface area (Å²) in [6, 6.07) is 0. The van der Waals surface area contributed by atoms with Crippen LogP contribution in [0.2, 0.25) is 0 Å². The molecule has 0 unspecified atom stereocenters. The summed E-state index contributed by atoms with van der Waals surface area (Å²) in [5.74, 6) is 0. The van der Waals surface area contributed by atoms with Crippen LogP contribution in [-0.2, 0) is 4.65 Å². The van der Waals surface area contributed by atoms with E-state index in [9.17, 15) is 13.2 Å². The maximum absolute atomic E-state index is 12.0. The zero-order valence-electron chi connectivity index (χ0n) is 8.81. The van der Waals surface area contributed by atoms with E-state index in [1.165, 1.54) is 0 Å². The van der Waals surface area contributed by atoms with Gasteiger partial charge in [-0.3, -0.25) is 0 Å². The van der Waals surface area contributed by atoms with Crippen LogP contribution in [0.25, 0.3) is 0 Å². The lowest BCUT2D eigenvalue weighted by atomic mass is 9.79. The van der Waals surface area contributed by atoms with Crippen LogP contribution in [0.3, 0.4) is 0 Å². The van der Waals surface area contributed by atoms with E-state index >= 15 is 0 Å². The number of rotatable bonds is 7. The molecule has 0 aliphatic rings. The van der Waals surface area contributed by atoms with E-state index in [1.807, 2.05) is 6.92 Å². The highest BCUT2D eigenvalue weighted by Crippen LogP contribution is 2.25. The molecule has 0 amide bonds. The van der Waals surface area contributed by atoms with Crippen molar-refractivity contribution in [1.82, 2.24) is 0 Å².